The van der Waals surface area contributed by atoms with Gasteiger partial charge in [0.15, 0.2) is 0 Å². The molecule has 3 aromatic heterocycles. The topological polar surface area (TPSA) is 67.6 Å². The molecule has 0 radical (unpaired) electrons. The Morgan fingerprint density at radius 3 is 2.84 bits per heavy atom. The van der Waals surface area contributed by atoms with Crippen molar-refractivity contribution in [3.8, 4) is 5.82 Å². The third kappa shape index (κ3) is 2.82. The average Bonchev–Trinajstić information content (AvgIpc) is 3.34. The molecule has 4 aromatic rings. The third-order valence-electron chi connectivity index (χ3n) is 4.36. The molecule has 126 valence electrons. The van der Waals surface area contributed by atoms with Crippen LogP contribution < -0.4 is 5.32 Å². The van der Waals surface area contributed by atoms with Crippen LogP contribution in [0.2, 0.25) is 0 Å². The lowest BCUT2D eigenvalue weighted by molar-refractivity contribution is 0.0954. The van der Waals surface area contributed by atoms with Crippen LogP contribution in [0.1, 0.15) is 15.9 Å². The summed E-state index contributed by atoms with van der Waals surface area (Å²) in [5.41, 5.74) is 2.89. The van der Waals surface area contributed by atoms with Gasteiger partial charge in [-0.05, 0) is 30.2 Å². The number of fused-ring (bicyclic) bond motifs is 1. The molecule has 2 N–H and O–H groups in total. The van der Waals surface area contributed by atoms with Gasteiger partial charge in [-0.2, -0.15) is 5.10 Å². The van der Waals surface area contributed by atoms with Crippen molar-refractivity contribution >= 4 is 16.8 Å². The molecule has 0 unspecified atom stereocenters. The molecule has 3 heterocycles. The molecule has 0 aliphatic rings. The summed E-state index contributed by atoms with van der Waals surface area (Å²) in [6.07, 6.45) is 8.19. The van der Waals surface area contributed by atoms with Gasteiger partial charge in [0.2, 0.25) is 0 Å². The van der Waals surface area contributed by atoms with Crippen molar-refractivity contribution in [1.29, 1.82) is 0 Å². The second-order valence-corrected chi connectivity index (χ2v) is 5.96. The van der Waals surface area contributed by atoms with Crippen molar-refractivity contribution in [3.05, 3.63) is 72.3 Å². The summed E-state index contributed by atoms with van der Waals surface area (Å²) in [4.78, 5) is 15.8. The maximum absolute atomic E-state index is 12.6. The number of para-hydroxylation sites is 1. The molecule has 0 atom stereocenters. The van der Waals surface area contributed by atoms with Crippen molar-refractivity contribution < 1.29 is 4.79 Å². The number of hydrogen-bond acceptors (Lipinski definition) is 2. The molecule has 0 saturated heterocycles. The van der Waals surface area contributed by atoms with Crippen LogP contribution in [-0.2, 0) is 13.5 Å². The van der Waals surface area contributed by atoms with E-state index in [1.807, 2.05) is 54.5 Å². The lowest BCUT2D eigenvalue weighted by atomic mass is 10.1. The van der Waals surface area contributed by atoms with Gasteiger partial charge in [-0.1, -0.05) is 18.2 Å². The summed E-state index contributed by atoms with van der Waals surface area (Å²) < 4.78 is 3.59. The molecule has 0 fully saturated rings. The number of amides is 1. The molecule has 1 aromatic carbocycles. The van der Waals surface area contributed by atoms with Crippen LogP contribution in [-0.4, -0.2) is 31.8 Å². The highest BCUT2D eigenvalue weighted by atomic mass is 16.1. The monoisotopic (exact) mass is 333 g/mol. The SMILES string of the molecule is Cn1ncc(C(=O)NCCc2c[nH]c3ccccc23)c1-n1cccc1. The van der Waals surface area contributed by atoms with Crippen molar-refractivity contribution in [2.45, 2.75) is 6.42 Å². The number of carbonyl (C=O) groups excluding carboxylic acids is 1. The zero-order valence-corrected chi connectivity index (χ0v) is 13.9. The van der Waals surface area contributed by atoms with E-state index in [0.717, 1.165) is 17.8 Å². The second kappa shape index (κ2) is 6.32. The first-order valence-electron chi connectivity index (χ1n) is 8.22. The standard InChI is InChI=1S/C19H19N5O/c1-23-19(24-10-4-5-11-24)16(13-22-23)18(25)20-9-8-14-12-21-17-7-3-2-6-15(14)17/h2-7,10-13,21H,8-9H2,1H3,(H,20,25). The Labute approximate surface area is 145 Å². The molecule has 0 spiro atoms. The van der Waals surface area contributed by atoms with Crippen molar-refractivity contribution in [1.82, 2.24) is 24.6 Å². The number of aryl methyl sites for hydroxylation is 1. The highest BCUT2D eigenvalue weighted by Crippen LogP contribution is 2.18. The van der Waals surface area contributed by atoms with E-state index in [2.05, 4.69) is 27.5 Å². The highest BCUT2D eigenvalue weighted by molar-refractivity contribution is 5.97. The van der Waals surface area contributed by atoms with E-state index >= 15 is 0 Å². The predicted octanol–water partition coefficient (Wildman–Crippen LogP) is 2.66. The van der Waals surface area contributed by atoms with Crippen LogP contribution in [0, 0.1) is 0 Å². The van der Waals surface area contributed by atoms with Crippen molar-refractivity contribution in [3.63, 3.8) is 0 Å². The number of aromatic amines is 1. The summed E-state index contributed by atoms with van der Waals surface area (Å²) in [5, 5.41) is 8.42. The summed E-state index contributed by atoms with van der Waals surface area (Å²) in [6, 6.07) is 12.0. The number of aromatic nitrogens is 4. The second-order valence-electron chi connectivity index (χ2n) is 5.96. The number of rotatable bonds is 5. The largest absolute Gasteiger partial charge is 0.361 e. The molecule has 6 nitrogen and oxygen atoms in total. The van der Waals surface area contributed by atoms with E-state index in [1.165, 1.54) is 10.9 Å². The molecule has 4 rings (SSSR count). The number of benzene rings is 1. The summed E-state index contributed by atoms with van der Waals surface area (Å²) in [5.74, 6) is 0.645. The van der Waals surface area contributed by atoms with Crippen LogP contribution in [0.4, 0.5) is 0 Å². The van der Waals surface area contributed by atoms with Gasteiger partial charge in [0.1, 0.15) is 11.4 Å². The van der Waals surface area contributed by atoms with Gasteiger partial charge >= 0.3 is 0 Å². The first-order valence-corrected chi connectivity index (χ1v) is 8.22. The smallest absolute Gasteiger partial charge is 0.256 e. The molecule has 1 amide bonds. The maximum Gasteiger partial charge on any atom is 0.256 e. The van der Waals surface area contributed by atoms with E-state index in [0.29, 0.717) is 12.1 Å². The van der Waals surface area contributed by atoms with Crippen LogP contribution >= 0.6 is 0 Å². The van der Waals surface area contributed by atoms with Crippen LogP contribution in [0.25, 0.3) is 16.7 Å². The number of H-pyrrole nitrogens is 1. The van der Waals surface area contributed by atoms with Gasteiger partial charge < -0.3 is 14.9 Å². The molecular formula is C19H19N5O. The van der Waals surface area contributed by atoms with Gasteiger partial charge in [-0.15, -0.1) is 0 Å². The Bertz CT molecular complexity index is 1010. The zero-order chi connectivity index (χ0) is 17.2. The Kier molecular flexibility index (Phi) is 3.85. The Morgan fingerprint density at radius 2 is 2.00 bits per heavy atom. The van der Waals surface area contributed by atoms with Crippen LogP contribution in [0.5, 0.6) is 0 Å². The molecular weight excluding hydrogens is 314 g/mol. The molecule has 0 aliphatic carbocycles. The van der Waals surface area contributed by atoms with Gasteiger partial charge in [0, 0.05) is 43.1 Å². The Hall–Kier alpha value is -3.28. The van der Waals surface area contributed by atoms with E-state index in [9.17, 15) is 4.79 Å². The molecule has 0 saturated carbocycles. The fourth-order valence-corrected chi connectivity index (χ4v) is 3.12. The van der Waals surface area contributed by atoms with Gasteiger partial charge in [0.05, 0.1) is 6.20 Å². The van der Waals surface area contributed by atoms with Crippen LogP contribution in [0.15, 0.2) is 61.2 Å². The van der Waals surface area contributed by atoms with E-state index in [1.54, 1.807) is 10.9 Å². The third-order valence-corrected chi connectivity index (χ3v) is 4.36. The minimum Gasteiger partial charge on any atom is -0.361 e. The fraction of sp³-hybridized carbons (Fsp3) is 0.158. The van der Waals surface area contributed by atoms with Gasteiger partial charge in [-0.25, -0.2) is 0 Å². The molecule has 0 bridgehead atoms. The normalized spacial score (nSPS) is 11.1. The fourth-order valence-electron chi connectivity index (χ4n) is 3.12. The predicted molar refractivity (Wildman–Crippen MR) is 96.9 cm³/mol. The number of hydrogen-bond donors (Lipinski definition) is 2. The lowest BCUT2D eigenvalue weighted by Gasteiger charge is -2.08. The van der Waals surface area contributed by atoms with Gasteiger partial charge in [0.25, 0.3) is 5.91 Å². The maximum atomic E-state index is 12.6. The summed E-state index contributed by atoms with van der Waals surface area (Å²) in [7, 11) is 1.83. The number of carbonyl (C=O) groups is 1. The quantitative estimate of drug-likeness (QED) is 0.589. The molecule has 6 heteroatoms. The molecule has 25 heavy (non-hydrogen) atoms. The van der Waals surface area contributed by atoms with Crippen LogP contribution in [0.3, 0.4) is 0 Å². The zero-order valence-electron chi connectivity index (χ0n) is 13.9. The Morgan fingerprint density at radius 1 is 1.20 bits per heavy atom. The minimum atomic E-state index is -0.114. The van der Waals surface area contributed by atoms with E-state index in [-0.39, 0.29) is 5.91 Å². The highest BCUT2D eigenvalue weighted by Gasteiger charge is 2.17. The van der Waals surface area contributed by atoms with E-state index in [4.69, 9.17) is 0 Å². The minimum absolute atomic E-state index is 0.114. The summed E-state index contributed by atoms with van der Waals surface area (Å²) in [6.45, 7) is 0.570. The Balaban J connectivity index is 1.47. The molecule has 0 aliphatic heterocycles. The summed E-state index contributed by atoms with van der Waals surface area (Å²) >= 11 is 0. The van der Waals surface area contributed by atoms with Crippen molar-refractivity contribution in [2.75, 3.05) is 6.54 Å². The number of nitrogens with zero attached hydrogens (tertiary/aromatic N) is 3. The van der Waals surface area contributed by atoms with Crippen molar-refractivity contribution in [2.24, 2.45) is 7.05 Å². The van der Waals surface area contributed by atoms with Gasteiger partial charge in [-0.3, -0.25) is 9.48 Å². The van der Waals surface area contributed by atoms with E-state index < -0.39 is 0 Å². The average molecular weight is 333 g/mol. The first-order chi connectivity index (χ1) is 12.2. The number of nitrogens with one attached hydrogen (secondary N) is 2. The first kappa shape index (κ1) is 15.3. The lowest BCUT2D eigenvalue weighted by Crippen LogP contribution is -2.26.